The molecule has 0 unspecified atom stereocenters. The van der Waals surface area contributed by atoms with Crippen LogP contribution in [0.2, 0.25) is 0 Å². The fraction of sp³-hybridized carbons (Fsp3) is 0.0556. The molecule has 0 aromatic heterocycles. The zero-order valence-electron chi connectivity index (χ0n) is 12.4. The average Bonchev–Trinajstić information content (AvgIpc) is 2.56. The van der Waals surface area contributed by atoms with Gasteiger partial charge in [-0.05, 0) is 43.3 Å². The van der Waals surface area contributed by atoms with Gasteiger partial charge in [-0.15, -0.1) is 0 Å². The van der Waals surface area contributed by atoms with Gasteiger partial charge in [0.1, 0.15) is 5.75 Å². The summed E-state index contributed by atoms with van der Waals surface area (Å²) in [6, 6.07) is 13.9. The van der Waals surface area contributed by atoms with Crippen LogP contribution in [0, 0.1) is 0 Å². The van der Waals surface area contributed by atoms with Gasteiger partial charge in [-0.1, -0.05) is 24.8 Å². The van der Waals surface area contributed by atoms with Crippen LogP contribution in [0.25, 0.3) is 0 Å². The molecule has 5 heteroatoms. The Hall–Kier alpha value is -3.21. The molecular formula is C18H14O5. The summed E-state index contributed by atoms with van der Waals surface area (Å²) in [5.41, 5.74) is 0.721. The van der Waals surface area contributed by atoms with Crippen LogP contribution in [0.15, 0.2) is 66.7 Å². The minimum Gasteiger partial charge on any atom is -0.423 e. The van der Waals surface area contributed by atoms with Crippen LogP contribution >= 0.6 is 0 Å². The van der Waals surface area contributed by atoms with Crippen LogP contribution in [0.1, 0.15) is 27.6 Å². The van der Waals surface area contributed by atoms with Gasteiger partial charge in [-0.25, -0.2) is 14.4 Å². The van der Waals surface area contributed by atoms with Crippen molar-refractivity contribution >= 4 is 17.9 Å². The number of carbonyl (C=O) groups is 3. The maximum absolute atomic E-state index is 11.9. The summed E-state index contributed by atoms with van der Waals surface area (Å²) < 4.78 is 9.79. The number of rotatable bonds is 4. The van der Waals surface area contributed by atoms with Crippen LogP contribution in [0.3, 0.4) is 0 Å². The van der Waals surface area contributed by atoms with E-state index >= 15 is 0 Å². The van der Waals surface area contributed by atoms with E-state index in [4.69, 9.17) is 9.47 Å². The summed E-state index contributed by atoms with van der Waals surface area (Å²) >= 11 is 0. The molecule has 0 saturated heterocycles. The topological polar surface area (TPSA) is 69.7 Å². The molecule has 0 amide bonds. The molecule has 0 bridgehead atoms. The van der Waals surface area contributed by atoms with E-state index in [1.165, 1.54) is 31.2 Å². The minimum atomic E-state index is -0.781. The van der Waals surface area contributed by atoms with Crippen molar-refractivity contribution in [3.05, 3.63) is 77.9 Å². The minimum absolute atomic E-state index is 0.171. The Bertz CT molecular complexity index is 745. The molecule has 0 aliphatic rings. The number of hydrogen-bond donors (Lipinski definition) is 0. The van der Waals surface area contributed by atoms with Crippen LogP contribution in [0.4, 0.5) is 0 Å². The molecule has 0 aliphatic heterocycles. The number of ether oxygens (including phenoxy) is 2. The van der Waals surface area contributed by atoms with Gasteiger partial charge in [0.2, 0.25) is 0 Å². The molecule has 0 saturated carbocycles. The Balaban J connectivity index is 2.02. The third kappa shape index (κ3) is 4.38. The average molecular weight is 310 g/mol. The quantitative estimate of drug-likeness (QED) is 0.375. The van der Waals surface area contributed by atoms with E-state index in [0.717, 1.165) is 0 Å². The molecule has 2 rings (SSSR count). The van der Waals surface area contributed by atoms with E-state index in [0.29, 0.717) is 0 Å². The van der Waals surface area contributed by atoms with Crippen molar-refractivity contribution in [3.8, 4) is 5.75 Å². The standard InChI is InChI=1S/C18H14O5/c1-12(2)16(19)22-15-10-8-14(9-11-15)18(21)23-17(20)13-6-4-3-5-7-13/h3-11H,1H2,2H3. The third-order valence-electron chi connectivity index (χ3n) is 2.84. The molecule has 116 valence electrons. The van der Waals surface area contributed by atoms with Gasteiger partial charge in [-0.2, -0.15) is 0 Å². The molecular weight excluding hydrogens is 296 g/mol. The summed E-state index contributed by atoms with van der Waals surface area (Å²) in [7, 11) is 0. The highest BCUT2D eigenvalue weighted by molar-refractivity contribution is 6.02. The van der Waals surface area contributed by atoms with Gasteiger partial charge in [0.15, 0.2) is 0 Å². The predicted molar refractivity (Wildman–Crippen MR) is 83.1 cm³/mol. The second kappa shape index (κ2) is 7.17. The fourth-order valence-electron chi connectivity index (χ4n) is 1.63. The van der Waals surface area contributed by atoms with Gasteiger partial charge in [0.25, 0.3) is 0 Å². The van der Waals surface area contributed by atoms with E-state index in [-0.39, 0.29) is 22.4 Å². The molecule has 0 fully saturated rings. The van der Waals surface area contributed by atoms with E-state index in [2.05, 4.69) is 6.58 Å². The normalized spacial score (nSPS) is 9.78. The second-order valence-corrected chi connectivity index (χ2v) is 4.74. The zero-order chi connectivity index (χ0) is 16.8. The fourth-order valence-corrected chi connectivity index (χ4v) is 1.63. The SMILES string of the molecule is C=C(C)C(=O)Oc1ccc(C(=O)OC(=O)c2ccccc2)cc1. The van der Waals surface area contributed by atoms with E-state index in [1.807, 2.05) is 0 Å². The maximum Gasteiger partial charge on any atom is 0.346 e. The van der Waals surface area contributed by atoms with E-state index in [9.17, 15) is 14.4 Å². The largest absolute Gasteiger partial charge is 0.423 e. The van der Waals surface area contributed by atoms with Crippen molar-refractivity contribution in [2.45, 2.75) is 6.92 Å². The number of carbonyl (C=O) groups excluding carboxylic acids is 3. The smallest absolute Gasteiger partial charge is 0.346 e. The Morgan fingerprint density at radius 1 is 0.826 bits per heavy atom. The van der Waals surface area contributed by atoms with Gasteiger partial charge in [0, 0.05) is 5.57 Å². The molecule has 0 atom stereocenters. The molecule has 2 aromatic carbocycles. The number of benzene rings is 2. The Morgan fingerprint density at radius 3 is 1.87 bits per heavy atom. The second-order valence-electron chi connectivity index (χ2n) is 4.74. The van der Waals surface area contributed by atoms with Crippen molar-refractivity contribution in [1.29, 1.82) is 0 Å². The van der Waals surface area contributed by atoms with Crippen LogP contribution in [-0.4, -0.2) is 17.9 Å². The van der Waals surface area contributed by atoms with Gasteiger partial charge >= 0.3 is 17.9 Å². The molecule has 5 nitrogen and oxygen atoms in total. The number of hydrogen-bond acceptors (Lipinski definition) is 5. The van der Waals surface area contributed by atoms with Crippen molar-refractivity contribution in [2.24, 2.45) is 0 Å². The summed E-state index contributed by atoms with van der Waals surface area (Å²) in [6.07, 6.45) is 0. The predicted octanol–water partition coefficient (Wildman–Crippen LogP) is 3.17. The highest BCUT2D eigenvalue weighted by Crippen LogP contribution is 2.15. The number of esters is 3. The Morgan fingerprint density at radius 2 is 1.35 bits per heavy atom. The summed E-state index contributed by atoms with van der Waals surface area (Å²) in [5.74, 6) is -1.80. The van der Waals surface area contributed by atoms with Crippen molar-refractivity contribution in [3.63, 3.8) is 0 Å². The van der Waals surface area contributed by atoms with Crippen molar-refractivity contribution in [1.82, 2.24) is 0 Å². The first-order chi connectivity index (χ1) is 11.0. The van der Waals surface area contributed by atoms with E-state index in [1.54, 1.807) is 30.3 Å². The highest BCUT2D eigenvalue weighted by Gasteiger charge is 2.15. The van der Waals surface area contributed by atoms with E-state index < -0.39 is 17.9 Å². The lowest BCUT2D eigenvalue weighted by Crippen LogP contribution is -2.13. The molecule has 2 aromatic rings. The van der Waals surface area contributed by atoms with Crippen molar-refractivity contribution in [2.75, 3.05) is 0 Å². The highest BCUT2D eigenvalue weighted by atomic mass is 16.6. The molecule has 0 radical (unpaired) electrons. The lowest BCUT2D eigenvalue weighted by molar-refractivity contribution is -0.130. The lowest BCUT2D eigenvalue weighted by atomic mass is 10.2. The van der Waals surface area contributed by atoms with Gasteiger partial charge < -0.3 is 9.47 Å². The first kappa shape index (κ1) is 16.2. The first-order valence-electron chi connectivity index (χ1n) is 6.76. The van der Waals surface area contributed by atoms with Crippen molar-refractivity contribution < 1.29 is 23.9 Å². The molecule has 0 aliphatic carbocycles. The van der Waals surface area contributed by atoms with Crippen LogP contribution in [-0.2, 0) is 9.53 Å². The summed E-state index contributed by atoms with van der Waals surface area (Å²) in [6.45, 7) is 5.00. The van der Waals surface area contributed by atoms with Crippen LogP contribution < -0.4 is 4.74 Å². The van der Waals surface area contributed by atoms with Gasteiger partial charge in [-0.3, -0.25) is 0 Å². The maximum atomic E-state index is 11.9. The monoisotopic (exact) mass is 310 g/mol. The lowest BCUT2D eigenvalue weighted by Gasteiger charge is -2.05. The van der Waals surface area contributed by atoms with Gasteiger partial charge in [0.05, 0.1) is 11.1 Å². The summed E-state index contributed by atoms with van der Waals surface area (Å²) in [4.78, 5) is 35.1. The third-order valence-corrected chi connectivity index (χ3v) is 2.84. The summed E-state index contributed by atoms with van der Waals surface area (Å²) in [5, 5.41) is 0. The Labute approximate surface area is 133 Å². The molecule has 23 heavy (non-hydrogen) atoms. The van der Waals surface area contributed by atoms with Crippen LogP contribution in [0.5, 0.6) is 5.75 Å². The molecule has 0 spiro atoms. The Kier molecular flexibility index (Phi) is 5.04. The molecule has 0 heterocycles. The molecule has 0 N–H and O–H groups in total. The first-order valence-corrected chi connectivity index (χ1v) is 6.76. The zero-order valence-corrected chi connectivity index (χ0v) is 12.4.